The number of amides is 1. The molecule has 0 aromatic carbocycles. The quantitative estimate of drug-likeness (QED) is 0.600. The molecular weight excluding hydrogens is 186 g/mol. The molecule has 3 atom stereocenters. The molecule has 1 rings (SSSR count). The molecule has 0 radical (unpaired) electrons. The van der Waals surface area contributed by atoms with Crippen molar-refractivity contribution in [3.05, 3.63) is 0 Å². The number of aliphatic hydroxyl groups is 1. The summed E-state index contributed by atoms with van der Waals surface area (Å²) in [5, 5.41) is 12.0. The number of methoxy groups -OCH3 is 1. The van der Waals surface area contributed by atoms with Crippen LogP contribution in [0.1, 0.15) is 19.8 Å². The van der Waals surface area contributed by atoms with E-state index < -0.39 is 23.9 Å². The second kappa shape index (κ2) is 4.41. The van der Waals surface area contributed by atoms with Crippen LogP contribution >= 0.6 is 0 Å². The molecule has 1 aliphatic rings. The molecule has 1 aliphatic heterocycles. The lowest BCUT2D eigenvalue weighted by atomic mass is 9.95. The van der Waals surface area contributed by atoms with E-state index in [1.54, 1.807) is 0 Å². The van der Waals surface area contributed by atoms with Crippen LogP contribution in [0, 0.1) is 5.92 Å². The summed E-state index contributed by atoms with van der Waals surface area (Å²) >= 11 is 0. The van der Waals surface area contributed by atoms with Gasteiger partial charge in [0.1, 0.15) is 12.0 Å². The number of ether oxygens (including phenoxy) is 1. The number of rotatable bonds is 3. The molecule has 0 aromatic rings. The third kappa shape index (κ3) is 1.87. The Bertz CT molecular complexity index is 241. The minimum absolute atomic E-state index is 0.296. The fraction of sp³-hybridized carbons (Fsp3) is 0.778. The average Bonchev–Trinajstić information content (AvgIpc) is 2.43. The molecule has 80 valence electrons. The highest BCUT2D eigenvalue weighted by Gasteiger charge is 2.45. The van der Waals surface area contributed by atoms with Crippen molar-refractivity contribution in [2.24, 2.45) is 5.92 Å². The predicted octanol–water partition coefficient (Wildman–Crippen LogP) is -0.565. The zero-order valence-corrected chi connectivity index (χ0v) is 8.32. The molecule has 1 amide bonds. The Morgan fingerprint density at radius 2 is 2.29 bits per heavy atom. The number of hydrogen-bond donors (Lipinski definition) is 2. The van der Waals surface area contributed by atoms with Crippen molar-refractivity contribution in [1.82, 2.24) is 5.32 Å². The normalized spacial score (nSPS) is 31.4. The van der Waals surface area contributed by atoms with Gasteiger partial charge in [-0.3, -0.25) is 9.59 Å². The Labute approximate surface area is 82.4 Å². The fourth-order valence-corrected chi connectivity index (χ4v) is 1.73. The third-order valence-corrected chi connectivity index (χ3v) is 2.44. The summed E-state index contributed by atoms with van der Waals surface area (Å²) in [6.45, 7) is 1.95. The highest BCUT2D eigenvalue weighted by molar-refractivity contribution is 5.91. The van der Waals surface area contributed by atoms with Gasteiger partial charge < -0.3 is 15.2 Å². The van der Waals surface area contributed by atoms with Crippen molar-refractivity contribution in [2.75, 3.05) is 7.11 Å². The van der Waals surface area contributed by atoms with Gasteiger partial charge in [0.15, 0.2) is 0 Å². The third-order valence-electron chi connectivity index (χ3n) is 2.44. The molecule has 0 bridgehead atoms. The zero-order valence-electron chi connectivity index (χ0n) is 8.32. The zero-order chi connectivity index (χ0) is 10.7. The average molecular weight is 201 g/mol. The fourth-order valence-electron chi connectivity index (χ4n) is 1.73. The van der Waals surface area contributed by atoms with Crippen LogP contribution in [-0.2, 0) is 14.3 Å². The number of esters is 1. The monoisotopic (exact) mass is 201 g/mol. The second-order valence-electron chi connectivity index (χ2n) is 3.40. The summed E-state index contributed by atoms with van der Waals surface area (Å²) in [5.41, 5.74) is 0. The molecule has 14 heavy (non-hydrogen) atoms. The van der Waals surface area contributed by atoms with E-state index in [4.69, 9.17) is 0 Å². The van der Waals surface area contributed by atoms with Crippen molar-refractivity contribution < 1.29 is 19.4 Å². The molecule has 1 saturated heterocycles. The lowest BCUT2D eigenvalue weighted by Gasteiger charge is -2.16. The summed E-state index contributed by atoms with van der Waals surface area (Å²) in [6, 6.07) is -0.296. The van der Waals surface area contributed by atoms with Crippen molar-refractivity contribution >= 4 is 11.9 Å². The van der Waals surface area contributed by atoms with Gasteiger partial charge in [0.2, 0.25) is 5.91 Å². The molecular formula is C9H15NO4. The summed E-state index contributed by atoms with van der Waals surface area (Å²) in [4.78, 5) is 22.4. The Morgan fingerprint density at radius 3 is 2.79 bits per heavy atom. The van der Waals surface area contributed by atoms with E-state index in [2.05, 4.69) is 10.1 Å². The van der Waals surface area contributed by atoms with Crippen molar-refractivity contribution in [3.63, 3.8) is 0 Å². The molecule has 5 heteroatoms. The van der Waals surface area contributed by atoms with E-state index in [0.717, 1.165) is 6.42 Å². The van der Waals surface area contributed by atoms with Gasteiger partial charge >= 0.3 is 5.97 Å². The molecule has 1 fully saturated rings. The predicted molar refractivity (Wildman–Crippen MR) is 48.4 cm³/mol. The molecule has 5 nitrogen and oxygen atoms in total. The van der Waals surface area contributed by atoms with Gasteiger partial charge in [-0.1, -0.05) is 13.3 Å². The van der Waals surface area contributed by atoms with Gasteiger partial charge in [0.25, 0.3) is 0 Å². The lowest BCUT2D eigenvalue weighted by molar-refractivity contribution is -0.150. The minimum Gasteiger partial charge on any atom is -0.469 e. The molecule has 2 N–H and O–H groups in total. The molecule has 1 heterocycles. The summed E-state index contributed by atoms with van der Waals surface area (Å²) in [7, 11) is 1.25. The van der Waals surface area contributed by atoms with Crippen LogP contribution in [0.4, 0.5) is 0 Å². The van der Waals surface area contributed by atoms with Gasteiger partial charge in [-0.2, -0.15) is 0 Å². The van der Waals surface area contributed by atoms with Gasteiger partial charge in [-0.25, -0.2) is 0 Å². The number of carbonyl (C=O) groups is 2. The van der Waals surface area contributed by atoms with Crippen molar-refractivity contribution in [3.8, 4) is 0 Å². The number of carbonyl (C=O) groups excluding carboxylic acids is 2. The Hall–Kier alpha value is -1.10. The largest absolute Gasteiger partial charge is 0.469 e. The van der Waals surface area contributed by atoms with Crippen LogP contribution in [0.15, 0.2) is 0 Å². The summed E-state index contributed by atoms with van der Waals surface area (Å²) in [6.07, 6.45) is 0.243. The number of nitrogens with one attached hydrogen (secondary N) is 1. The van der Waals surface area contributed by atoms with Gasteiger partial charge in [0, 0.05) is 6.04 Å². The molecule has 0 saturated carbocycles. The highest BCUT2D eigenvalue weighted by Crippen LogP contribution is 2.22. The van der Waals surface area contributed by atoms with E-state index in [-0.39, 0.29) is 6.04 Å². The van der Waals surface area contributed by atoms with Crippen molar-refractivity contribution in [1.29, 1.82) is 0 Å². The minimum atomic E-state index is -1.26. The maximum Gasteiger partial charge on any atom is 0.313 e. The van der Waals surface area contributed by atoms with Gasteiger partial charge in [0.05, 0.1) is 7.11 Å². The smallest absolute Gasteiger partial charge is 0.313 e. The maximum absolute atomic E-state index is 11.3. The highest BCUT2D eigenvalue weighted by atomic mass is 16.5. The first kappa shape index (κ1) is 11.0. The second-order valence-corrected chi connectivity index (χ2v) is 3.40. The SMILES string of the molecule is CCC[C@@H]1NC(=O)[C@H](O)[C@@H]1C(=O)OC. The van der Waals surface area contributed by atoms with E-state index in [1.165, 1.54) is 7.11 Å². The van der Waals surface area contributed by atoms with E-state index in [9.17, 15) is 14.7 Å². The van der Waals surface area contributed by atoms with Crippen LogP contribution in [0.2, 0.25) is 0 Å². The van der Waals surface area contributed by atoms with E-state index >= 15 is 0 Å². The first-order valence-corrected chi connectivity index (χ1v) is 4.68. The molecule has 0 unspecified atom stereocenters. The topological polar surface area (TPSA) is 75.6 Å². The molecule has 0 aliphatic carbocycles. The van der Waals surface area contributed by atoms with Gasteiger partial charge in [-0.05, 0) is 6.42 Å². The Balaban J connectivity index is 2.75. The summed E-state index contributed by atoms with van der Waals surface area (Å²) in [5.74, 6) is -1.78. The van der Waals surface area contributed by atoms with Crippen LogP contribution in [0.3, 0.4) is 0 Å². The maximum atomic E-state index is 11.3. The van der Waals surface area contributed by atoms with Gasteiger partial charge in [-0.15, -0.1) is 0 Å². The van der Waals surface area contributed by atoms with Crippen LogP contribution in [-0.4, -0.2) is 36.2 Å². The first-order valence-electron chi connectivity index (χ1n) is 4.68. The molecule has 0 spiro atoms. The standard InChI is InChI=1S/C9H15NO4/c1-3-4-5-6(9(13)14-2)7(11)8(12)10-5/h5-7,11H,3-4H2,1-2H3,(H,10,12)/t5-,6+,7+/m0/s1. The van der Waals surface area contributed by atoms with E-state index in [0.29, 0.717) is 6.42 Å². The lowest BCUT2D eigenvalue weighted by Crippen LogP contribution is -2.35. The van der Waals surface area contributed by atoms with Crippen LogP contribution in [0.25, 0.3) is 0 Å². The summed E-state index contributed by atoms with van der Waals surface area (Å²) < 4.78 is 4.54. The van der Waals surface area contributed by atoms with Crippen LogP contribution in [0.5, 0.6) is 0 Å². The van der Waals surface area contributed by atoms with Crippen molar-refractivity contribution in [2.45, 2.75) is 31.9 Å². The van der Waals surface area contributed by atoms with Crippen LogP contribution < -0.4 is 5.32 Å². The Morgan fingerprint density at radius 1 is 1.64 bits per heavy atom. The first-order chi connectivity index (χ1) is 6.61. The number of aliphatic hydroxyl groups excluding tert-OH is 1. The Kier molecular flexibility index (Phi) is 3.46. The van der Waals surface area contributed by atoms with E-state index in [1.807, 2.05) is 6.92 Å². The molecule has 0 aromatic heterocycles. The number of hydrogen-bond acceptors (Lipinski definition) is 4.